The molecule has 1 aromatic carbocycles. The molecule has 0 fully saturated rings. The first-order valence-electron chi connectivity index (χ1n) is 6.01. The Balaban J connectivity index is 3.18. The van der Waals surface area contributed by atoms with Gasteiger partial charge >= 0.3 is 11.9 Å². The number of nitrogens with one attached hydrogen (secondary N) is 1. The topological polar surface area (TPSA) is 72.4 Å². The number of benzene rings is 1. The minimum absolute atomic E-state index is 0.165. The van der Waals surface area contributed by atoms with E-state index in [2.05, 4.69) is 4.72 Å². The zero-order valence-electron chi connectivity index (χ0n) is 11.7. The summed E-state index contributed by atoms with van der Waals surface area (Å²) in [5.74, 6) is -7.19. The van der Waals surface area contributed by atoms with Crippen molar-refractivity contribution in [2.75, 3.05) is 0 Å². The fraction of sp³-hybridized carbons (Fsp3) is 0.462. The Morgan fingerprint density at radius 1 is 1.29 bits per heavy atom. The van der Waals surface area contributed by atoms with Crippen molar-refractivity contribution in [3.8, 4) is 0 Å². The lowest BCUT2D eigenvalue weighted by Gasteiger charge is -2.30. The van der Waals surface area contributed by atoms with E-state index in [-0.39, 0.29) is 5.56 Å². The first-order valence-corrected chi connectivity index (χ1v) is 7.16. The van der Waals surface area contributed by atoms with Crippen molar-refractivity contribution >= 4 is 17.3 Å². The molecule has 0 aliphatic carbocycles. The van der Waals surface area contributed by atoms with Crippen molar-refractivity contribution in [3.05, 3.63) is 35.6 Å². The summed E-state index contributed by atoms with van der Waals surface area (Å²) in [6.07, 6.45) is 0. The highest BCUT2D eigenvalue weighted by molar-refractivity contribution is 7.90. The molecule has 0 aliphatic rings. The number of rotatable bonds is 5. The number of aliphatic carboxylic acids is 1. The van der Waals surface area contributed by atoms with Crippen LogP contribution in [-0.4, -0.2) is 26.3 Å². The lowest BCUT2D eigenvalue weighted by Crippen LogP contribution is -2.49. The Morgan fingerprint density at radius 2 is 1.76 bits per heavy atom. The number of hydrogen-bond acceptors (Lipinski definition) is 3. The van der Waals surface area contributed by atoms with E-state index in [1.54, 1.807) is 20.8 Å². The summed E-state index contributed by atoms with van der Waals surface area (Å²) < 4.78 is 53.8. The monoisotopic (exact) mass is 323 g/mol. The maximum absolute atomic E-state index is 13.9. The van der Waals surface area contributed by atoms with Crippen molar-refractivity contribution in [2.24, 2.45) is 0 Å². The molecule has 4 nitrogen and oxygen atoms in total. The minimum Gasteiger partial charge on any atom is -0.598 e. The van der Waals surface area contributed by atoms with Gasteiger partial charge in [0.05, 0.1) is 0 Å². The molecule has 0 saturated heterocycles. The third kappa shape index (κ3) is 4.36. The molecule has 2 N–H and O–H groups in total. The Hall–Kier alpha value is -1.25. The third-order valence-electron chi connectivity index (χ3n) is 2.63. The smallest absolute Gasteiger partial charge is 0.376 e. The third-order valence-corrected chi connectivity index (χ3v) is 4.19. The van der Waals surface area contributed by atoms with Crippen molar-refractivity contribution in [1.29, 1.82) is 0 Å². The van der Waals surface area contributed by atoms with Crippen molar-refractivity contribution in [1.82, 2.24) is 4.72 Å². The van der Waals surface area contributed by atoms with E-state index in [0.717, 1.165) is 24.3 Å². The molecule has 21 heavy (non-hydrogen) atoms. The fourth-order valence-electron chi connectivity index (χ4n) is 1.41. The zero-order valence-corrected chi connectivity index (χ0v) is 12.5. The van der Waals surface area contributed by atoms with Crippen LogP contribution in [-0.2, 0) is 16.2 Å². The number of alkyl halides is 2. The van der Waals surface area contributed by atoms with Crippen molar-refractivity contribution < 1.29 is 27.6 Å². The second kappa shape index (κ2) is 6.25. The molecule has 0 amide bonds. The largest absolute Gasteiger partial charge is 0.598 e. The molecule has 8 heteroatoms. The Kier molecular flexibility index (Phi) is 5.30. The highest BCUT2D eigenvalue weighted by atomic mass is 32.2. The first kappa shape index (κ1) is 17.8. The maximum Gasteiger partial charge on any atom is 0.376 e. The lowest BCUT2D eigenvalue weighted by atomic mass is 10.0. The van der Waals surface area contributed by atoms with Crippen LogP contribution in [0.5, 0.6) is 0 Å². The van der Waals surface area contributed by atoms with E-state index >= 15 is 0 Å². The van der Waals surface area contributed by atoms with Gasteiger partial charge in [-0.25, -0.2) is 9.18 Å². The molecule has 1 unspecified atom stereocenters. The van der Waals surface area contributed by atoms with Gasteiger partial charge < -0.3 is 9.66 Å². The van der Waals surface area contributed by atoms with Crippen molar-refractivity contribution in [3.63, 3.8) is 0 Å². The normalized spacial score (nSPS) is 15.6. The van der Waals surface area contributed by atoms with Gasteiger partial charge in [-0.3, -0.25) is 0 Å². The number of halogens is 3. The summed E-state index contributed by atoms with van der Waals surface area (Å²) in [7, 11) is 0. The van der Waals surface area contributed by atoms with Gasteiger partial charge in [-0.15, -0.1) is 4.72 Å². The highest BCUT2D eigenvalue weighted by Gasteiger charge is 2.51. The van der Waals surface area contributed by atoms with Crippen LogP contribution in [0.1, 0.15) is 32.4 Å². The molecule has 0 aliphatic heterocycles. The molecule has 0 radical (unpaired) electrons. The van der Waals surface area contributed by atoms with Gasteiger partial charge in [-0.05, 0) is 38.5 Å². The maximum atomic E-state index is 13.9. The Bertz CT molecular complexity index is 502. The minimum atomic E-state index is -4.20. The molecule has 1 aromatic rings. The predicted octanol–water partition coefficient (Wildman–Crippen LogP) is 2.64. The van der Waals surface area contributed by atoms with Gasteiger partial charge in [0, 0.05) is 11.4 Å². The number of carboxylic acid groups (broad SMARTS) is 1. The Labute approximate surface area is 123 Å². The second-order valence-electron chi connectivity index (χ2n) is 5.41. The summed E-state index contributed by atoms with van der Waals surface area (Å²) >= 11 is -1.92. The van der Waals surface area contributed by atoms with Gasteiger partial charge in [0.25, 0.3) is 0 Å². The van der Waals surface area contributed by atoms with Crippen LogP contribution in [0.2, 0.25) is 0 Å². The quantitative estimate of drug-likeness (QED) is 0.817. The summed E-state index contributed by atoms with van der Waals surface area (Å²) in [6, 6.07) is 1.90. The van der Waals surface area contributed by atoms with E-state index in [1.807, 2.05) is 0 Å². The lowest BCUT2D eigenvalue weighted by molar-refractivity contribution is -0.168. The molecule has 1 rings (SSSR count). The van der Waals surface area contributed by atoms with E-state index < -0.39 is 39.9 Å². The van der Waals surface area contributed by atoms with Crippen LogP contribution in [0.3, 0.4) is 0 Å². The van der Waals surface area contributed by atoms with Gasteiger partial charge in [0.15, 0.2) is 6.04 Å². The summed E-state index contributed by atoms with van der Waals surface area (Å²) in [5, 5.41) is 8.68. The summed E-state index contributed by atoms with van der Waals surface area (Å²) in [6.45, 7) is 4.66. The fourth-order valence-corrected chi connectivity index (χ4v) is 2.27. The number of carboxylic acids is 1. The molecule has 0 heterocycles. The van der Waals surface area contributed by atoms with Crippen LogP contribution in [0.25, 0.3) is 0 Å². The molecule has 0 saturated carbocycles. The molecule has 0 spiro atoms. The average Bonchev–Trinajstić information content (AvgIpc) is 2.35. The van der Waals surface area contributed by atoms with Crippen molar-refractivity contribution in [2.45, 2.75) is 37.5 Å². The molecule has 2 atom stereocenters. The van der Waals surface area contributed by atoms with E-state index in [9.17, 15) is 22.5 Å². The molecular formula is C13H16F3NO3S. The van der Waals surface area contributed by atoms with Crippen LogP contribution < -0.4 is 4.72 Å². The molecular weight excluding hydrogens is 307 g/mol. The van der Waals surface area contributed by atoms with Crippen LogP contribution >= 0.6 is 0 Å². The van der Waals surface area contributed by atoms with Gasteiger partial charge in [0.2, 0.25) is 0 Å². The first-order chi connectivity index (χ1) is 9.46. The second-order valence-corrected chi connectivity index (χ2v) is 7.41. The van der Waals surface area contributed by atoms with Crippen LogP contribution in [0, 0.1) is 5.82 Å². The summed E-state index contributed by atoms with van der Waals surface area (Å²) in [5.41, 5.74) is -0.165. The van der Waals surface area contributed by atoms with Crippen LogP contribution in [0.4, 0.5) is 13.2 Å². The summed E-state index contributed by atoms with van der Waals surface area (Å²) in [4.78, 5) is 10.8. The number of carbonyl (C=O) groups is 1. The predicted molar refractivity (Wildman–Crippen MR) is 72.8 cm³/mol. The molecule has 118 valence electrons. The average molecular weight is 323 g/mol. The van der Waals surface area contributed by atoms with E-state index in [1.165, 1.54) is 0 Å². The van der Waals surface area contributed by atoms with Gasteiger partial charge in [0.1, 0.15) is 10.6 Å². The molecule has 0 aromatic heterocycles. The van der Waals surface area contributed by atoms with Gasteiger partial charge in [-0.1, -0.05) is 12.1 Å². The Morgan fingerprint density at radius 3 is 2.14 bits per heavy atom. The highest BCUT2D eigenvalue weighted by Crippen LogP contribution is 2.33. The zero-order chi connectivity index (χ0) is 16.4. The van der Waals surface area contributed by atoms with Crippen LogP contribution in [0.15, 0.2) is 24.3 Å². The standard InChI is InChI=1S/C13H16F3NO3S/c1-12(2,3)21(20)17-10(13(15,16)11(18)19)8-4-6-9(14)7-5-8/h4-7,10,17H,1-3H3,(H,18,19)/t10-,21?/m0/s1. The van der Waals surface area contributed by atoms with Gasteiger partial charge in [-0.2, -0.15) is 8.78 Å². The van der Waals surface area contributed by atoms with E-state index in [0.29, 0.717) is 0 Å². The number of hydrogen-bond donors (Lipinski definition) is 2. The SMILES string of the molecule is CC(C)(C)[S+]([O-])N[C@@H](c1ccc(F)cc1)C(F)(F)C(=O)O. The molecule has 0 bridgehead atoms. The van der Waals surface area contributed by atoms with E-state index in [4.69, 9.17) is 5.11 Å².